The second-order valence-corrected chi connectivity index (χ2v) is 2.48. The lowest BCUT2D eigenvalue weighted by molar-refractivity contribution is 0.336. The van der Waals surface area contributed by atoms with E-state index in [1.54, 1.807) is 12.5 Å². The van der Waals surface area contributed by atoms with E-state index in [0.29, 0.717) is 5.92 Å². The molecule has 0 radical (unpaired) electrons. The summed E-state index contributed by atoms with van der Waals surface area (Å²) in [5, 5.41) is 0. The third kappa shape index (κ3) is 1.44. The first-order valence-electron chi connectivity index (χ1n) is 3.80. The van der Waals surface area contributed by atoms with E-state index in [2.05, 4.69) is 30.0 Å². The molecule has 0 saturated heterocycles. The van der Waals surface area contributed by atoms with Gasteiger partial charge >= 0.3 is 0 Å². The normalized spacial score (nSPS) is 18.6. The molecule has 0 saturated carbocycles. The number of rotatable bonds is 0. The molecular weight excluding hydrogens is 152 g/mol. The molecule has 1 unspecified atom stereocenters. The summed E-state index contributed by atoms with van der Waals surface area (Å²) in [5.41, 5.74) is 1.04. The first-order valence-corrected chi connectivity index (χ1v) is 3.80. The first kappa shape index (κ1) is 8.71. The zero-order chi connectivity index (χ0) is 8.97. The minimum Gasteiger partial charge on any atom is -0.489 e. The average Bonchev–Trinajstić information content (AvgIpc) is 2.53. The Morgan fingerprint density at radius 2 is 2.33 bits per heavy atom. The highest BCUT2D eigenvalue weighted by molar-refractivity contribution is 5.30. The molecule has 1 aromatic heterocycles. The largest absolute Gasteiger partial charge is 0.489 e. The van der Waals surface area contributed by atoms with Gasteiger partial charge < -0.3 is 4.74 Å². The number of hydrogen-bond donors (Lipinski definition) is 0. The van der Waals surface area contributed by atoms with Crippen molar-refractivity contribution in [1.29, 1.82) is 0 Å². The molecule has 0 N–H and O–H groups in total. The Bertz CT molecular complexity index is 262. The van der Waals surface area contributed by atoms with E-state index in [9.17, 15) is 0 Å². The molecule has 0 spiro atoms. The standard InChI is InChI=1S/C7H8N2O.C2H4/c1-5-3-10-6-2-8-4-9-7(5)6;1-2/h2,4-5H,3H2,1H3;1-2H2. The van der Waals surface area contributed by atoms with Gasteiger partial charge in [-0.05, 0) is 0 Å². The molecule has 3 heteroatoms. The monoisotopic (exact) mass is 164 g/mol. The number of ether oxygens (including phenoxy) is 1. The van der Waals surface area contributed by atoms with E-state index in [1.807, 2.05) is 0 Å². The summed E-state index contributed by atoms with van der Waals surface area (Å²) in [4.78, 5) is 7.96. The summed E-state index contributed by atoms with van der Waals surface area (Å²) in [6.07, 6.45) is 3.27. The topological polar surface area (TPSA) is 35.0 Å². The molecule has 0 aliphatic carbocycles. The molecule has 0 fully saturated rings. The summed E-state index contributed by atoms with van der Waals surface area (Å²) in [6.45, 7) is 8.84. The van der Waals surface area contributed by atoms with E-state index >= 15 is 0 Å². The van der Waals surface area contributed by atoms with Crippen LogP contribution in [0.25, 0.3) is 0 Å². The summed E-state index contributed by atoms with van der Waals surface area (Å²) >= 11 is 0. The second-order valence-electron chi connectivity index (χ2n) is 2.48. The molecule has 0 bridgehead atoms. The van der Waals surface area contributed by atoms with Crippen molar-refractivity contribution < 1.29 is 4.74 Å². The van der Waals surface area contributed by atoms with E-state index in [-0.39, 0.29) is 0 Å². The van der Waals surface area contributed by atoms with Gasteiger partial charge in [0, 0.05) is 5.92 Å². The Morgan fingerprint density at radius 1 is 1.58 bits per heavy atom. The average molecular weight is 164 g/mol. The predicted octanol–water partition coefficient (Wildman–Crippen LogP) is 1.77. The van der Waals surface area contributed by atoms with E-state index in [1.165, 1.54) is 0 Å². The van der Waals surface area contributed by atoms with Gasteiger partial charge in [-0.25, -0.2) is 9.97 Å². The minimum atomic E-state index is 0.429. The molecular formula is C9H12N2O. The zero-order valence-corrected chi connectivity index (χ0v) is 7.16. The lowest BCUT2D eigenvalue weighted by Gasteiger charge is -1.94. The molecule has 0 amide bonds. The van der Waals surface area contributed by atoms with Crippen LogP contribution in [-0.4, -0.2) is 16.6 Å². The van der Waals surface area contributed by atoms with E-state index < -0.39 is 0 Å². The van der Waals surface area contributed by atoms with E-state index in [0.717, 1.165) is 18.1 Å². The van der Waals surface area contributed by atoms with Gasteiger partial charge in [0.15, 0.2) is 5.75 Å². The van der Waals surface area contributed by atoms with Crippen molar-refractivity contribution in [1.82, 2.24) is 9.97 Å². The molecule has 12 heavy (non-hydrogen) atoms. The van der Waals surface area contributed by atoms with Crippen LogP contribution in [-0.2, 0) is 0 Å². The van der Waals surface area contributed by atoms with Gasteiger partial charge in [0.1, 0.15) is 6.33 Å². The predicted molar refractivity (Wildman–Crippen MR) is 47.2 cm³/mol. The molecule has 1 aromatic rings. The van der Waals surface area contributed by atoms with Gasteiger partial charge in [-0.15, -0.1) is 13.2 Å². The molecule has 2 heterocycles. The van der Waals surface area contributed by atoms with Gasteiger partial charge in [-0.2, -0.15) is 0 Å². The van der Waals surface area contributed by atoms with Crippen molar-refractivity contribution in [3.8, 4) is 5.75 Å². The van der Waals surface area contributed by atoms with Crippen molar-refractivity contribution in [3.63, 3.8) is 0 Å². The Morgan fingerprint density at radius 3 is 3.00 bits per heavy atom. The van der Waals surface area contributed by atoms with Crippen LogP contribution in [0.2, 0.25) is 0 Å². The molecule has 1 aliphatic heterocycles. The van der Waals surface area contributed by atoms with Crippen LogP contribution in [0, 0.1) is 0 Å². The molecule has 2 rings (SSSR count). The van der Waals surface area contributed by atoms with Crippen LogP contribution in [0.1, 0.15) is 18.5 Å². The first-order chi connectivity index (χ1) is 5.88. The highest BCUT2D eigenvalue weighted by Gasteiger charge is 2.20. The van der Waals surface area contributed by atoms with Crippen molar-refractivity contribution >= 4 is 0 Å². The Hall–Kier alpha value is -1.38. The highest BCUT2D eigenvalue weighted by Crippen LogP contribution is 2.29. The second kappa shape index (κ2) is 3.85. The molecule has 1 aliphatic rings. The Kier molecular flexibility index (Phi) is 2.80. The summed E-state index contributed by atoms with van der Waals surface area (Å²) < 4.78 is 5.29. The van der Waals surface area contributed by atoms with Crippen LogP contribution in [0.4, 0.5) is 0 Å². The van der Waals surface area contributed by atoms with Crippen LogP contribution < -0.4 is 4.74 Å². The van der Waals surface area contributed by atoms with Gasteiger partial charge in [0.25, 0.3) is 0 Å². The van der Waals surface area contributed by atoms with Gasteiger partial charge in [0.2, 0.25) is 0 Å². The Labute approximate surface area is 72.1 Å². The van der Waals surface area contributed by atoms with Crippen molar-refractivity contribution in [2.24, 2.45) is 0 Å². The fourth-order valence-electron chi connectivity index (χ4n) is 1.10. The van der Waals surface area contributed by atoms with Crippen LogP contribution >= 0.6 is 0 Å². The third-order valence-corrected chi connectivity index (χ3v) is 1.66. The lowest BCUT2D eigenvalue weighted by Crippen LogP contribution is -1.94. The minimum absolute atomic E-state index is 0.429. The lowest BCUT2D eigenvalue weighted by atomic mass is 10.1. The highest BCUT2D eigenvalue weighted by atomic mass is 16.5. The van der Waals surface area contributed by atoms with Crippen molar-refractivity contribution in [2.75, 3.05) is 6.61 Å². The Balaban J connectivity index is 0.000000336. The zero-order valence-electron chi connectivity index (χ0n) is 7.16. The molecule has 3 nitrogen and oxygen atoms in total. The molecule has 1 atom stereocenters. The number of hydrogen-bond acceptors (Lipinski definition) is 3. The summed E-state index contributed by atoms with van der Waals surface area (Å²) in [7, 11) is 0. The third-order valence-electron chi connectivity index (χ3n) is 1.66. The van der Waals surface area contributed by atoms with Gasteiger partial charge in [-0.1, -0.05) is 6.92 Å². The number of aromatic nitrogens is 2. The van der Waals surface area contributed by atoms with Gasteiger partial charge in [0.05, 0.1) is 18.5 Å². The fraction of sp³-hybridized carbons (Fsp3) is 0.333. The SMILES string of the molecule is C=C.CC1COc2cncnc21. The molecule has 0 aromatic carbocycles. The smallest absolute Gasteiger partial charge is 0.159 e. The quantitative estimate of drug-likeness (QED) is 0.548. The summed E-state index contributed by atoms with van der Waals surface area (Å²) in [5.74, 6) is 1.27. The van der Waals surface area contributed by atoms with Crippen LogP contribution in [0.5, 0.6) is 5.75 Å². The maximum atomic E-state index is 5.29. The fourth-order valence-corrected chi connectivity index (χ4v) is 1.10. The van der Waals surface area contributed by atoms with Crippen molar-refractivity contribution in [3.05, 3.63) is 31.4 Å². The number of nitrogens with zero attached hydrogens (tertiary/aromatic N) is 2. The maximum absolute atomic E-state index is 5.29. The van der Waals surface area contributed by atoms with Crippen molar-refractivity contribution in [2.45, 2.75) is 12.8 Å². The maximum Gasteiger partial charge on any atom is 0.159 e. The van der Waals surface area contributed by atoms with E-state index in [4.69, 9.17) is 4.74 Å². The number of fused-ring (bicyclic) bond motifs is 1. The van der Waals surface area contributed by atoms with Gasteiger partial charge in [-0.3, -0.25) is 0 Å². The summed E-state index contributed by atoms with van der Waals surface area (Å²) in [6, 6.07) is 0. The molecule has 64 valence electrons. The van der Waals surface area contributed by atoms with Crippen LogP contribution in [0.3, 0.4) is 0 Å². The van der Waals surface area contributed by atoms with Crippen LogP contribution in [0.15, 0.2) is 25.7 Å².